The molecule has 0 aromatic heterocycles. The molecular weight excluding hydrogens is 254 g/mol. The quantitative estimate of drug-likeness (QED) is 0.803. The summed E-state index contributed by atoms with van der Waals surface area (Å²) in [7, 11) is 0. The van der Waals surface area contributed by atoms with Crippen LogP contribution in [0.2, 0.25) is 0 Å². The Balaban J connectivity index is 2.17. The molecule has 0 saturated heterocycles. The van der Waals surface area contributed by atoms with Crippen molar-refractivity contribution in [3.8, 4) is 5.75 Å². The van der Waals surface area contributed by atoms with Gasteiger partial charge in [0.1, 0.15) is 12.4 Å². The summed E-state index contributed by atoms with van der Waals surface area (Å²) < 4.78 is 6.65. The highest BCUT2D eigenvalue weighted by atomic mass is 79.9. The van der Waals surface area contributed by atoms with Crippen LogP contribution in [0.3, 0.4) is 0 Å². The molecule has 3 heteroatoms. The Kier molecular flexibility index (Phi) is 5.73. The minimum absolute atomic E-state index is 0.568. The summed E-state index contributed by atoms with van der Waals surface area (Å²) in [5.41, 5.74) is 0. The van der Waals surface area contributed by atoms with Crippen LogP contribution in [-0.2, 0) is 0 Å². The van der Waals surface area contributed by atoms with Crippen LogP contribution in [0.5, 0.6) is 5.75 Å². The first-order valence-corrected chi connectivity index (χ1v) is 6.13. The van der Waals surface area contributed by atoms with E-state index in [0.29, 0.717) is 12.6 Å². The minimum Gasteiger partial charge on any atom is -0.492 e. The Labute approximate surface area is 100 Å². The topological polar surface area (TPSA) is 21.3 Å². The van der Waals surface area contributed by atoms with E-state index in [1.807, 2.05) is 24.3 Å². The van der Waals surface area contributed by atoms with Gasteiger partial charge < -0.3 is 10.1 Å². The smallest absolute Gasteiger partial charge is 0.119 e. The van der Waals surface area contributed by atoms with Crippen molar-refractivity contribution in [2.45, 2.75) is 26.3 Å². The van der Waals surface area contributed by atoms with Crippen molar-refractivity contribution in [2.24, 2.45) is 0 Å². The maximum atomic E-state index is 5.57. The fraction of sp³-hybridized carbons (Fsp3) is 0.500. The number of halogens is 1. The molecule has 1 aromatic carbocycles. The van der Waals surface area contributed by atoms with Crippen molar-refractivity contribution in [3.05, 3.63) is 28.7 Å². The number of benzene rings is 1. The van der Waals surface area contributed by atoms with E-state index in [-0.39, 0.29) is 0 Å². The van der Waals surface area contributed by atoms with Crippen molar-refractivity contribution in [3.63, 3.8) is 0 Å². The Bertz CT molecular complexity index is 273. The van der Waals surface area contributed by atoms with Gasteiger partial charge >= 0.3 is 0 Å². The second-order valence-corrected chi connectivity index (χ2v) is 4.48. The highest BCUT2D eigenvalue weighted by Crippen LogP contribution is 2.15. The molecule has 0 amide bonds. The summed E-state index contributed by atoms with van der Waals surface area (Å²) in [6, 6.07) is 8.47. The molecule has 0 aliphatic rings. The van der Waals surface area contributed by atoms with Crippen LogP contribution < -0.4 is 10.1 Å². The number of hydrogen-bond donors (Lipinski definition) is 1. The average molecular weight is 272 g/mol. The van der Waals surface area contributed by atoms with E-state index in [2.05, 4.69) is 35.1 Å². The van der Waals surface area contributed by atoms with Gasteiger partial charge in [0.15, 0.2) is 0 Å². The molecule has 0 fully saturated rings. The SMILES string of the molecule is CCC(C)NCCOc1ccc(Br)cc1. The van der Waals surface area contributed by atoms with Crippen molar-refractivity contribution < 1.29 is 4.74 Å². The molecule has 0 spiro atoms. The first-order chi connectivity index (χ1) is 7.22. The summed E-state index contributed by atoms with van der Waals surface area (Å²) in [6.45, 7) is 5.96. The average Bonchev–Trinajstić information content (AvgIpc) is 2.26. The molecule has 1 unspecified atom stereocenters. The summed E-state index contributed by atoms with van der Waals surface area (Å²) >= 11 is 3.39. The van der Waals surface area contributed by atoms with Gasteiger partial charge in [-0.15, -0.1) is 0 Å². The predicted octanol–water partition coefficient (Wildman–Crippen LogP) is 3.22. The molecule has 1 aromatic rings. The van der Waals surface area contributed by atoms with Crippen molar-refractivity contribution in [1.29, 1.82) is 0 Å². The molecule has 0 aliphatic heterocycles. The molecule has 0 heterocycles. The Hall–Kier alpha value is -0.540. The standard InChI is InChI=1S/C12H18BrNO/c1-3-10(2)14-8-9-15-12-6-4-11(13)5-7-12/h4-7,10,14H,3,8-9H2,1-2H3. The highest BCUT2D eigenvalue weighted by Gasteiger charge is 1.97. The van der Waals surface area contributed by atoms with E-state index in [9.17, 15) is 0 Å². The van der Waals surface area contributed by atoms with Crippen molar-refractivity contribution in [1.82, 2.24) is 5.32 Å². The molecule has 1 atom stereocenters. The van der Waals surface area contributed by atoms with Crippen LogP contribution in [-0.4, -0.2) is 19.2 Å². The van der Waals surface area contributed by atoms with E-state index in [4.69, 9.17) is 4.74 Å². The zero-order valence-corrected chi connectivity index (χ0v) is 10.9. The fourth-order valence-corrected chi connectivity index (χ4v) is 1.41. The number of hydrogen-bond acceptors (Lipinski definition) is 2. The first kappa shape index (κ1) is 12.5. The zero-order chi connectivity index (χ0) is 11.1. The van der Waals surface area contributed by atoms with Gasteiger partial charge in [-0.25, -0.2) is 0 Å². The minimum atomic E-state index is 0.568. The molecule has 2 nitrogen and oxygen atoms in total. The molecule has 0 bridgehead atoms. The maximum absolute atomic E-state index is 5.57. The van der Waals surface area contributed by atoms with E-state index < -0.39 is 0 Å². The lowest BCUT2D eigenvalue weighted by Crippen LogP contribution is -2.29. The molecular formula is C12H18BrNO. The van der Waals surface area contributed by atoms with Crippen LogP contribution in [0.4, 0.5) is 0 Å². The lowest BCUT2D eigenvalue weighted by Gasteiger charge is -2.11. The predicted molar refractivity (Wildman–Crippen MR) is 67.4 cm³/mol. The molecule has 84 valence electrons. The van der Waals surface area contributed by atoms with Gasteiger partial charge in [-0.2, -0.15) is 0 Å². The molecule has 0 aliphatic carbocycles. The van der Waals surface area contributed by atoms with Gasteiger partial charge in [0.2, 0.25) is 0 Å². The van der Waals surface area contributed by atoms with Gasteiger partial charge in [-0.3, -0.25) is 0 Å². The molecule has 15 heavy (non-hydrogen) atoms. The third kappa shape index (κ3) is 5.19. The largest absolute Gasteiger partial charge is 0.492 e. The third-order valence-electron chi connectivity index (χ3n) is 2.29. The van der Waals surface area contributed by atoms with Crippen LogP contribution in [0.25, 0.3) is 0 Å². The molecule has 0 radical (unpaired) electrons. The Morgan fingerprint density at radius 1 is 1.33 bits per heavy atom. The summed E-state index contributed by atoms with van der Waals surface area (Å²) in [4.78, 5) is 0. The number of nitrogens with one attached hydrogen (secondary N) is 1. The van der Waals surface area contributed by atoms with Crippen molar-refractivity contribution >= 4 is 15.9 Å². The van der Waals surface area contributed by atoms with Crippen LogP contribution >= 0.6 is 15.9 Å². The third-order valence-corrected chi connectivity index (χ3v) is 2.82. The number of ether oxygens (including phenoxy) is 1. The van der Waals surface area contributed by atoms with Gasteiger partial charge in [-0.1, -0.05) is 22.9 Å². The molecule has 1 N–H and O–H groups in total. The van der Waals surface area contributed by atoms with E-state index in [0.717, 1.165) is 23.2 Å². The summed E-state index contributed by atoms with van der Waals surface area (Å²) in [6.07, 6.45) is 1.15. The normalized spacial score (nSPS) is 12.5. The van der Waals surface area contributed by atoms with Crippen LogP contribution in [0, 0.1) is 0 Å². The highest BCUT2D eigenvalue weighted by molar-refractivity contribution is 9.10. The fourth-order valence-electron chi connectivity index (χ4n) is 1.15. The molecule has 0 saturated carbocycles. The van der Waals surface area contributed by atoms with Crippen LogP contribution in [0.15, 0.2) is 28.7 Å². The van der Waals surface area contributed by atoms with Crippen molar-refractivity contribution in [2.75, 3.05) is 13.2 Å². The summed E-state index contributed by atoms with van der Waals surface area (Å²) in [5.74, 6) is 0.921. The second-order valence-electron chi connectivity index (χ2n) is 3.57. The lowest BCUT2D eigenvalue weighted by atomic mass is 10.3. The first-order valence-electron chi connectivity index (χ1n) is 5.34. The summed E-state index contributed by atoms with van der Waals surface area (Å²) in [5, 5.41) is 3.38. The van der Waals surface area contributed by atoms with Gasteiger partial charge in [0.25, 0.3) is 0 Å². The number of rotatable bonds is 6. The second kappa shape index (κ2) is 6.85. The Morgan fingerprint density at radius 2 is 2.00 bits per heavy atom. The molecule has 1 rings (SSSR count). The van der Waals surface area contributed by atoms with E-state index in [1.54, 1.807) is 0 Å². The van der Waals surface area contributed by atoms with Gasteiger partial charge in [-0.05, 0) is 37.6 Å². The maximum Gasteiger partial charge on any atom is 0.119 e. The monoisotopic (exact) mass is 271 g/mol. The lowest BCUT2D eigenvalue weighted by molar-refractivity contribution is 0.306. The van der Waals surface area contributed by atoms with Crippen LogP contribution in [0.1, 0.15) is 20.3 Å². The van der Waals surface area contributed by atoms with Gasteiger partial charge in [0.05, 0.1) is 0 Å². The van der Waals surface area contributed by atoms with E-state index in [1.165, 1.54) is 0 Å². The van der Waals surface area contributed by atoms with E-state index >= 15 is 0 Å². The zero-order valence-electron chi connectivity index (χ0n) is 9.29. The van der Waals surface area contributed by atoms with Gasteiger partial charge in [0, 0.05) is 17.1 Å². The Morgan fingerprint density at radius 3 is 2.60 bits per heavy atom.